The van der Waals surface area contributed by atoms with Crippen molar-refractivity contribution in [1.29, 1.82) is 0 Å². The van der Waals surface area contributed by atoms with Crippen LogP contribution in [-0.2, 0) is 24.7 Å². The van der Waals surface area contributed by atoms with Crippen molar-refractivity contribution in [3.05, 3.63) is 71.4 Å². The molecule has 0 spiro atoms. The molecule has 0 saturated heterocycles. The van der Waals surface area contributed by atoms with Crippen LogP contribution in [0.5, 0.6) is 0 Å². The molecule has 2 aromatic heterocycles. The average Bonchev–Trinajstić information content (AvgIpc) is 2.97. The first kappa shape index (κ1) is 17.8. The summed E-state index contributed by atoms with van der Waals surface area (Å²) in [5.74, 6) is 2.02. The van der Waals surface area contributed by atoms with Crippen LogP contribution in [-0.4, -0.2) is 25.7 Å². The molecule has 0 atom stereocenters. The van der Waals surface area contributed by atoms with Crippen LogP contribution in [0.4, 0.5) is 5.82 Å². The lowest BCUT2D eigenvalue weighted by molar-refractivity contribution is -0.115. The molecule has 0 radical (unpaired) electrons. The van der Waals surface area contributed by atoms with E-state index in [1.165, 1.54) is 5.56 Å². The van der Waals surface area contributed by atoms with Crippen LogP contribution < -0.4 is 5.32 Å². The van der Waals surface area contributed by atoms with Gasteiger partial charge in [0.05, 0.1) is 6.42 Å². The minimum atomic E-state index is -0.153. The molecule has 0 unspecified atom stereocenters. The number of hydrogen-bond donors (Lipinski definition) is 1. The molecule has 134 valence electrons. The number of aromatic nitrogens is 4. The zero-order chi connectivity index (χ0) is 18.5. The second-order valence-electron chi connectivity index (χ2n) is 6.60. The van der Waals surface area contributed by atoms with E-state index in [-0.39, 0.29) is 18.2 Å². The molecule has 0 aliphatic rings. The Morgan fingerprint density at radius 3 is 2.62 bits per heavy atom. The molecule has 3 aromatic rings. The number of carbonyl (C=O) groups is 1. The van der Waals surface area contributed by atoms with E-state index in [0.29, 0.717) is 11.6 Å². The highest BCUT2D eigenvalue weighted by atomic mass is 16.1. The first-order valence-electron chi connectivity index (χ1n) is 8.70. The second-order valence-corrected chi connectivity index (χ2v) is 6.60. The Morgan fingerprint density at radius 1 is 1.15 bits per heavy atom. The van der Waals surface area contributed by atoms with Gasteiger partial charge < -0.3 is 5.32 Å². The Hall–Kier alpha value is -3.02. The molecule has 3 rings (SSSR count). The van der Waals surface area contributed by atoms with Gasteiger partial charge in [-0.05, 0) is 29.7 Å². The Morgan fingerprint density at radius 2 is 1.92 bits per heavy atom. The molecular weight excluding hydrogens is 326 g/mol. The number of aryl methyl sites for hydroxylation is 1. The lowest BCUT2D eigenvalue weighted by atomic mass is 10.1. The summed E-state index contributed by atoms with van der Waals surface area (Å²) < 4.78 is 1.66. The number of anilines is 1. The van der Waals surface area contributed by atoms with Gasteiger partial charge in [-0.15, -0.1) is 0 Å². The van der Waals surface area contributed by atoms with E-state index in [1.807, 2.05) is 44.2 Å². The lowest BCUT2D eigenvalue weighted by Crippen LogP contribution is -2.18. The maximum absolute atomic E-state index is 12.4. The summed E-state index contributed by atoms with van der Waals surface area (Å²) in [5.41, 5.74) is 2.32. The van der Waals surface area contributed by atoms with Gasteiger partial charge in [-0.25, -0.2) is 9.97 Å². The SMILES string of the molecule is CC(C)c1nc(CC(=O)Nc2cc(Cc3ccccc3)ccn2)n(C)n1. The summed E-state index contributed by atoms with van der Waals surface area (Å²) >= 11 is 0. The third kappa shape index (κ3) is 4.53. The lowest BCUT2D eigenvalue weighted by Gasteiger charge is -2.07. The number of rotatable bonds is 6. The summed E-state index contributed by atoms with van der Waals surface area (Å²) in [6.45, 7) is 4.06. The number of pyridine rings is 1. The molecule has 1 amide bonds. The number of carbonyl (C=O) groups excluding carboxylic acids is 1. The van der Waals surface area contributed by atoms with Crippen LogP contribution in [0, 0.1) is 0 Å². The summed E-state index contributed by atoms with van der Waals surface area (Å²) in [7, 11) is 1.81. The van der Waals surface area contributed by atoms with Crippen LogP contribution in [0.1, 0.15) is 42.5 Å². The van der Waals surface area contributed by atoms with E-state index in [9.17, 15) is 4.79 Å². The Balaban J connectivity index is 1.65. The van der Waals surface area contributed by atoms with Crippen molar-refractivity contribution in [3.8, 4) is 0 Å². The molecule has 6 heteroatoms. The van der Waals surface area contributed by atoms with Crippen LogP contribution in [0.2, 0.25) is 0 Å². The topological polar surface area (TPSA) is 72.7 Å². The fraction of sp³-hybridized carbons (Fsp3) is 0.300. The van der Waals surface area contributed by atoms with Crippen molar-refractivity contribution in [3.63, 3.8) is 0 Å². The summed E-state index contributed by atoms with van der Waals surface area (Å²) in [6.07, 6.45) is 2.68. The van der Waals surface area contributed by atoms with Crippen LogP contribution in [0.15, 0.2) is 48.7 Å². The van der Waals surface area contributed by atoms with Crippen LogP contribution in [0.3, 0.4) is 0 Å². The highest BCUT2D eigenvalue weighted by molar-refractivity contribution is 5.91. The maximum Gasteiger partial charge on any atom is 0.233 e. The highest BCUT2D eigenvalue weighted by Crippen LogP contribution is 2.13. The first-order chi connectivity index (χ1) is 12.5. The average molecular weight is 349 g/mol. The van der Waals surface area contributed by atoms with E-state index < -0.39 is 0 Å². The van der Waals surface area contributed by atoms with Crippen molar-refractivity contribution in [2.24, 2.45) is 7.05 Å². The number of benzene rings is 1. The van der Waals surface area contributed by atoms with Gasteiger partial charge in [0.2, 0.25) is 5.91 Å². The monoisotopic (exact) mass is 349 g/mol. The number of hydrogen-bond acceptors (Lipinski definition) is 4. The molecular formula is C20H23N5O. The van der Waals surface area contributed by atoms with Crippen molar-refractivity contribution < 1.29 is 4.79 Å². The quantitative estimate of drug-likeness (QED) is 0.742. The number of nitrogens with one attached hydrogen (secondary N) is 1. The van der Waals surface area contributed by atoms with Crippen molar-refractivity contribution >= 4 is 11.7 Å². The molecule has 0 fully saturated rings. The molecule has 0 aliphatic carbocycles. The van der Waals surface area contributed by atoms with Gasteiger partial charge in [-0.1, -0.05) is 44.2 Å². The van der Waals surface area contributed by atoms with E-state index in [2.05, 4.69) is 32.5 Å². The second kappa shape index (κ2) is 7.91. The predicted octanol–water partition coefficient (Wildman–Crippen LogP) is 3.11. The summed E-state index contributed by atoms with van der Waals surface area (Å²) in [4.78, 5) is 21.0. The van der Waals surface area contributed by atoms with E-state index in [4.69, 9.17) is 0 Å². The molecule has 6 nitrogen and oxygen atoms in total. The van der Waals surface area contributed by atoms with Gasteiger partial charge in [0.1, 0.15) is 11.6 Å². The Bertz CT molecular complexity index is 886. The zero-order valence-corrected chi connectivity index (χ0v) is 15.3. The fourth-order valence-electron chi connectivity index (χ4n) is 2.65. The number of nitrogens with zero attached hydrogens (tertiary/aromatic N) is 4. The van der Waals surface area contributed by atoms with Gasteiger partial charge in [0.25, 0.3) is 0 Å². The summed E-state index contributed by atoms with van der Waals surface area (Å²) in [5, 5.41) is 7.19. The van der Waals surface area contributed by atoms with Gasteiger partial charge in [-0.2, -0.15) is 5.10 Å². The van der Waals surface area contributed by atoms with Crippen molar-refractivity contribution in [2.75, 3.05) is 5.32 Å². The van der Waals surface area contributed by atoms with Gasteiger partial charge in [0, 0.05) is 19.2 Å². The molecule has 1 N–H and O–H groups in total. The fourth-order valence-corrected chi connectivity index (χ4v) is 2.65. The Kier molecular flexibility index (Phi) is 5.41. The van der Waals surface area contributed by atoms with E-state index >= 15 is 0 Å². The zero-order valence-electron chi connectivity index (χ0n) is 15.3. The predicted molar refractivity (Wildman–Crippen MR) is 101 cm³/mol. The largest absolute Gasteiger partial charge is 0.310 e. The maximum atomic E-state index is 12.4. The standard InChI is InChI=1S/C20H23N5O/c1-14(2)20-23-18(25(3)24-20)13-19(26)22-17-12-16(9-10-21-17)11-15-7-5-4-6-8-15/h4-10,12,14H,11,13H2,1-3H3,(H,21,22,26). The molecule has 0 bridgehead atoms. The van der Waals surface area contributed by atoms with Crippen molar-refractivity contribution in [2.45, 2.75) is 32.6 Å². The van der Waals surface area contributed by atoms with E-state index in [0.717, 1.165) is 17.8 Å². The normalized spacial score (nSPS) is 10.9. The Labute approximate surface area is 153 Å². The number of amides is 1. The van der Waals surface area contributed by atoms with Crippen molar-refractivity contribution in [1.82, 2.24) is 19.7 Å². The molecule has 0 saturated carbocycles. The third-order valence-corrected chi connectivity index (χ3v) is 4.05. The minimum absolute atomic E-state index is 0.153. The van der Waals surface area contributed by atoms with Crippen LogP contribution in [0.25, 0.3) is 0 Å². The van der Waals surface area contributed by atoms with Gasteiger partial charge in [0.15, 0.2) is 5.82 Å². The smallest absolute Gasteiger partial charge is 0.233 e. The molecule has 1 aromatic carbocycles. The highest BCUT2D eigenvalue weighted by Gasteiger charge is 2.14. The van der Waals surface area contributed by atoms with E-state index in [1.54, 1.807) is 17.9 Å². The van der Waals surface area contributed by atoms with Gasteiger partial charge in [-0.3, -0.25) is 9.48 Å². The molecule has 26 heavy (non-hydrogen) atoms. The van der Waals surface area contributed by atoms with Crippen LogP contribution >= 0.6 is 0 Å². The minimum Gasteiger partial charge on any atom is -0.310 e. The first-order valence-corrected chi connectivity index (χ1v) is 8.70. The molecule has 0 aliphatic heterocycles. The molecule has 2 heterocycles. The summed E-state index contributed by atoms with van der Waals surface area (Å²) in [6, 6.07) is 14.1. The van der Waals surface area contributed by atoms with Gasteiger partial charge >= 0.3 is 0 Å². The third-order valence-electron chi connectivity index (χ3n) is 4.05.